The van der Waals surface area contributed by atoms with Crippen molar-refractivity contribution in [2.45, 2.75) is 56.6 Å². The Bertz CT molecular complexity index is 1220. The predicted molar refractivity (Wildman–Crippen MR) is 111 cm³/mol. The summed E-state index contributed by atoms with van der Waals surface area (Å²) in [6, 6.07) is 4.07. The summed E-state index contributed by atoms with van der Waals surface area (Å²) in [5.74, 6) is 0.0972. The summed E-state index contributed by atoms with van der Waals surface area (Å²) < 4.78 is 55.6. The van der Waals surface area contributed by atoms with Crippen LogP contribution in [0.2, 0.25) is 5.02 Å². The number of aliphatic hydroxyl groups excluding tert-OH is 2. The molecular weight excluding hydrogens is 479 g/mol. The van der Waals surface area contributed by atoms with Gasteiger partial charge in [0, 0.05) is 11.2 Å². The molecule has 2 N–H and O–H groups in total. The van der Waals surface area contributed by atoms with Crippen LogP contribution in [0.4, 0.5) is 13.2 Å². The molecule has 2 saturated heterocycles. The topological polar surface area (TPSA) is 107 Å². The summed E-state index contributed by atoms with van der Waals surface area (Å²) in [5, 5.41) is 30.4. The van der Waals surface area contributed by atoms with Crippen LogP contribution in [-0.4, -0.2) is 65.8 Å². The molecule has 3 aromatic rings. The zero-order chi connectivity index (χ0) is 24.4. The first-order chi connectivity index (χ1) is 16.0. The zero-order valence-corrected chi connectivity index (χ0v) is 18.8. The minimum absolute atomic E-state index is 0.0241. The average molecular weight is 500 g/mol. The predicted octanol–water partition coefficient (Wildman–Crippen LogP) is 2.55. The Labute approximate surface area is 196 Å². The van der Waals surface area contributed by atoms with Gasteiger partial charge in [0.2, 0.25) is 0 Å². The van der Waals surface area contributed by atoms with Crippen molar-refractivity contribution < 1.29 is 32.9 Å². The number of rotatable bonds is 3. The van der Waals surface area contributed by atoms with Gasteiger partial charge in [0.15, 0.2) is 5.82 Å². The highest BCUT2D eigenvalue weighted by molar-refractivity contribution is 6.30. The molecule has 0 aliphatic carbocycles. The number of hydrogen-bond donors (Lipinski definition) is 2. The van der Waals surface area contributed by atoms with Crippen LogP contribution in [0.25, 0.3) is 5.69 Å². The molecule has 2 aliphatic heterocycles. The highest BCUT2D eigenvalue weighted by atomic mass is 35.5. The van der Waals surface area contributed by atoms with E-state index in [0.29, 0.717) is 5.69 Å². The number of nitrogens with zero attached hydrogens (tertiary/aromatic N) is 5. The molecule has 0 bridgehead atoms. The van der Waals surface area contributed by atoms with E-state index >= 15 is 0 Å². The van der Waals surface area contributed by atoms with Gasteiger partial charge in [-0.05, 0) is 38.1 Å². The van der Waals surface area contributed by atoms with Gasteiger partial charge in [-0.1, -0.05) is 11.6 Å². The van der Waals surface area contributed by atoms with Crippen LogP contribution in [0.1, 0.15) is 35.1 Å². The van der Waals surface area contributed by atoms with Gasteiger partial charge < -0.3 is 19.7 Å². The highest BCUT2D eigenvalue weighted by Crippen LogP contribution is 2.44. The fourth-order valence-electron chi connectivity index (χ4n) is 4.53. The second-order valence-electron chi connectivity index (χ2n) is 8.39. The third kappa shape index (κ3) is 3.89. The van der Waals surface area contributed by atoms with Gasteiger partial charge >= 0.3 is 6.18 Å². The first-order valence-electron chi connectivity index (χ1n) is 10.5. The Hall–Kier alpha value is -2.51. The van der Waals surface area contributed by atoms with Crippen LogP contribution >= 0.6 is 11.6 Å². The SMILES string of the molecule is Cc1ccn(C2C(O)[C@H](c3nc(C)nn3-c3cc(Cl)ccc3C(F)(F)F)OC3C(O)CO[C@@H]32)n1. The van der Waals surface area contributed by atoms with Crippen LogP contribution in [0.15, 0.2) is 30.5 Å². The van der Waals surface area contributed by atoms with Gasteiger partial charge in [0.25, 0.3) is 0 Å². The van der Waals surface area contributed by atoms with Crippen LogP contribution in [0.3, 0.4) is 0 Å². The van der Waals surface area contributed by atoms with Crippen LogP contribution in [0, 0.1) is 13.8 Å². The number of benzene rings is 1. The van der Waals surface area contributed by atoms with Crippen molar-refractivity contribution >= 4 is 11.6 Å². The zero-order valence-electron chi connectivity index (χ0n) is 18.0. The van der Waals surface area contributed by atoms with Crippen molar-refractivity contribution in [2.24, 2.45) is 0 Å². The Morgan fingerprint density at radius 3 is 2.56 bits per heavy atom. The highest BCUT2D eigenvalue weighted by Gasteiger charge is 2.54. The summed E-state index contributed by atoms with van der Waals surface area (Å²) in [5.41, 5.74) is -0.643. The van der Waals surface area contributed by atoms with E-state index < -0.39 is 48.3 Å². The molecule has 0 radical (unpaired) electrons. The van der Waals surface area contributed by atoms with Crippen molar-refractivity contribution in [3.05, 3.63) is 58.4 Å². The van der Waals surface area contributed by atoms with E-state index in [0.717, 1.165) is 22.9 Å². The number of aliphatic hydroxyl groups is 2. The third-order valence-corrected chi connectivity index (χ3v) is 6.23. The Morgan fingerprint density at radius 1 is 1.12 bits per heavy atom. The standard InChI is InChI=1S/C21H21ClF3N5O4/c1-9-5-6-29(27-9)15-16(32)19(34-17-14(31)8-33-18(15)17)20-26-10(2)28-30(20)13-7-11(22)3-4-12(13)21(23,24)25/h3-7,14-19,31-32H,8H2,1-2H3/t14?,15?,16?,17?,18-,19-/m1/s1. The summed E-state index contributed by atoms with van der Waals surface area (Å²) in [7, 11) is 0. The smallest absolute Gasteiger partial charge is 0.388 e. The summed E-state index contributed by atoms with van der Waals surface area (Å²) in [4.78, 5) is 4.29. The molecule has 2 aromatic heterocycles. The van der Waals surface area contributed by atoms with E-state index in [1.165, 1.54) is 11.6 Å². The molecule has 9 nitrogen and oxygen atoms in total. The Balaban J connectivity index is 1.64. The first kappa shape index (κ1) is 23.2. The lowest BCUT2D eigenvalue weighted by Crippen LogP contribution is -2.52. The number of hydrogen-bond acceptors (Lipinski definition) is 7. The van der Waals surface area contributed by atoms with Gasteiger partial charge in [0.1, 0.15) is 42.4 Å². The lowest BCUT2D eigenvalue weighted by molar-refractivity contribution is -0.196. The van der Waals surface area contributed by atoms with E-state index in [1.54, 1.807) is 19.2 Å². The molecule has 2 aliphatic rings. The average Bonchev–Trinajstić information content (AvgIpc) is 3.45. The maximum absolute atomic E-state index is 13.8. The fourth-order valence-corrected chi connectivity index (χ4v) is 4.70. The first-order valence-corrected chi connectivity index (χ1v) is 10.9. The van der Waals surface area contributed by atoms with E-state index in [1.807, 2.05) is 0 Å². The lowest BCUT2D eigenvalue weighted by Gasteiger charge is -2.41. The number of aromatic nitrogens is 5. The Kier molecular flexibility index (Phi) is 5.68. The number of ether oxygens (including phenoxy) is 2. The van der Waals surface area contributed by atoms with E-state index in [-0.39, 0.29) is 29.0 Å². The number of aryl methyl sites for hydroxylation is 2. The molecule has 0 amide bonds. The van der Waals surface area contributed by atoms with Crippen molar-refractivity contribution in [2.75, 3.05) is 6.61 Å². The van der Waals surface area contributed by atoms with Gasteiger partial charge in [-0.2, -0.15) is 23.4 Å². The minimum atomic E-state index is -4.70. The molecule has 5 rings (SSSR count). The summed E-state index contributed by atoms with van der Waals surface area (Å²) in [6.07, 6.45) is -8.21. The molecule has 13 heteroatoms. The molecular formula is C21H21ClF3N5O4. The maximum Gasteiger partial charge on any atom is 0.418 e. The van der Waals surface area contributed by atoms with Crippen LogP contribution in [0.5, 0.6) is 0 Å². The minimum Gasteiger partial charge on any atom is -0.388 e. The molecule has 1 aromatic carbocycles. The van der Waals surface area contributed by atoms with Crippen molar-refractivity contribution in [3.8, 4) is 5.69 Å². The van der Waals surface area contributed by atoms with Crippen molar-refractivity contribution in [1.82, 2.24) is 24.5 Å². The summed E-state index contributed by atoms with van der Waals surface area (Å²) in [6.45, 7) is 3.26. The molecule has 182 valence electrons. The lowest BCUT2D eigenvalue weighted by atomic mass is 9.91. The van der Waals surface area contributed by atoms with E-state index in [2.05, 4.69) is 15.2 Å². The summed E-state index contributed by atoms with van der Waals surface area (Å²) >= 11 is 6.02. The molecule has 2 fully saturated rings. The Morgan fingerprint density at radius 2 is 1.88 bits per heavy atom. The van der Waals surface area contributed by atoms with Crippen molar-refractivity contribution in [3.63, 3.8) is 0 Å². The largest absolute Gasteiger partial charge is 0.418 e. The van der Waals surface area contributed by atoms with Gasteiger partial charge in [0.05, 0.1) is 23.6 Å². The molecule has 4 heterocycles. The molecule has 0 spiro atoms. The number of fused-ring (bicyclic) bond motifs is 1. The molecule has 6 atom stereocenters. The quantitative estimate of drug-likeness (QED) is 0.570. The second kappa shape index (κ2) is 8.31. The van der Waals surface area contributed by atoms with Gasteiger partial charge in [-0.15, -0.1) is 0 Å². The van der Waals surface area contributed by atoms with Crippen LogP contribution in [-0.2, 0) is 15.7 Å². The van der Waals surface area contributed by atoms with E-state index in [4.69, 9.17) is 21.1 Å². The number of halogens is 4. The second-order valence-corrected chi connectivity index (χ2v) is 8.83. The van der Waals surface area contributed by atoms with Gasteiger partial charge in [-0.3, -0.25) is 4.68 Å². The van der Waals surface area contributed by atoms with Crippen LogP contribution < -0.4 is 0 Å². The third-order valence-electron chi connectivity index (χ3n) is 6.00. The number of alkyl halides is 3. The monoisotopic (exact) mass is 499 g/mol. The van der Waals surface area contributed by atoms with E-state index in [9.17, 15) is 23.4 Å². The van der Waals surface area contributed by atoms with Crippen molar-refractivity contribution in [1.29, 1.82) is 0 Å². The maximum atomic E-state index is 13.8. The molecule has 4 unspecified atom stereocenters. The molecule has 34 heavy (non-hydrogen) atoms. The van der Waals surface area contributed by atoms with Gasteiger partial charge in [-0.25, -0.2) is 9.67 Å². The molecule has 0 saturated carbocycles. The fraction of sp³-hybridized carbons (Fsp3) is 0.476. The normalized spacial score (nSPS) is 29.4.